The molecule has 0 aliphatic carbocycles. The molecule has 4 nitrogen and oxygen atoms in total. The van der Waals surface area contributed by atoms with E-state index < -0.39 is 10.8 Å². The van der Waals surface area contributed by atoms with Crippen molar-refractivity contribution in [2.24, 2.45) is 0 Å². The van der Waals surface area contributed by atoms with Crippen molar-refractivity contribution in [2.75, 3.05) is 0 Å². The lowest BCUT2D eigenvalue weighted by Gasteiger charge is -2.02. The van der Waals surface area contributed by atoms with Crippen molar-refractivity contribution < 1.29 is 9.72 Å². The second kappa shape index (κ2) is 3.80. The summed E-state index contributed by atoms with van der Waals surface area (Å²) in [6, 6.07) is 6.17. The third-order valence-corrected chi connectivity index (χ3v) is 1.78. The van der Waals surface area contributed by atoms with E-state index in [4.69, 9.17) is 0 Å². The Morgan fingerprint density at radius 2 is 2.08 bits per heavy atom. The molecule has 0 fully saturated rings. The van der Waals surface area contributed by atoms with Gasteiger partial charge in [0.05, 0.1) is 10.8 Å². The number of para-hydroxylation sites is 1. The van der Waals surface area contributed by atoms with Crippen molar-refractivity contribution in [1.82, 2.24) is 0 Å². The van der Waals surface area contributed by atoms with Gasteiger partial charge in [-0.2, -0.15) is 0 Å². The average Bonchev–Trinajstić information content (AvgIpc) is 2.16. The predicted octanol–water partition coefficient (Wildman–Crippen LogP) is 1.81. The van der Waals surface area contributed by atoms with Crippen molar-refractivity contribution in [3.8, 4) is 0 Å². The number of hydrogen-bond acceptors (Lipinski definition) is 3. The first-order valence-corrected chi connectivity index (χ1v) is 3.77. The number of nitro benzene ring substituents is 1. The Morgan fingerprint density at radius 1 is 1.46 bits per heavy atom. The molecule has 1 atom stereocenters. The van der Waals surface area contributed by atoms with Crippen LogP contribution in [0.15, 0.2) is 24.3 Å². The van der Waals surface area contributed by atoms with E-state index in [9.17, 15) is 14.9 Å². The van der Waals surface area contributed by atoms with Gasteiger partial charge in [-0.25, -0.2) is 0 Å². The van der Waals surface area contributed by atoms with Gasteiger partial charge in [0.15, 0.2) is 0 Å². The normalized spacial score (nSPS) is 12.1. The van der Waals surface area contributed by atoms with Crippen LogP contribution in [-0.2, 0) is 4.79 Å². The van der Waals surface area contributed by atoms with Crippen LogP contribution in [0.25, 0.3) is 0 Å². The molecule has 13 heavy (non-hydrogen) atoms. The lowest BCUT2D eigenvalue weighted by Crippen LogP contribution is -2.00. The second-order valence-corrected chi connectivity index (χ2v) is 2.66. The molecule has 0 heterocycles. The van der Waals surface area contributed by atoms with Crippen LogP contribution >= 0.6 is 0 Å². The lowest BCUT2D eigenvalue weighted by atomic mass is 10.0. The van der Waals surface area contributed by atoms with Gasteiger partial charge in [-0.3, -0.25) is 14.9 Å². The number of hydrogen-bond donors (Lipinski definition) is 0. The summed E-state index contributed by atoms with van der Waals surface area (Å²) in [6.07, 6.45) is 1.72. The van der Waals surface area contributed by atoms with E-state index in [2.05, 4.69) is 0 Å². The SMILES string of the molecule is CC([C]=O)c1ccccc1[N+](=O)[O-]. The maximum absolute atomic E-state index is 10.5. The summed E-state index contributed by atoms with van der Waals surface area (Å²) in [5.41, 5.74) is 0.376. The first-order valence-electron chi connectivity index (χ1n) is 3.77. The predicted molar refractivity (Wildman–Crippen MR) is 47.2 cm³/mol. The van der Waals surface area contributed by atoms with Gasteiger partial charge in [-0.1, -0.05) is 25.1 Å². The highest BCUT2D eigenvalue weighted by Gasteiger charge is 2.17. The van der Waals surface area contributed by atoms with Crippen LogP contribution in [-0.4, -0.2) is 11.2 Å². The summed E-state index contributed by atoms with van der Waals surface area (Å²) in [5, 5.41) is 10.5. The topological polar surface area (TPSA) is 60.2 Å². The minimum absolute atomic E-state index is 0.0293. The fraction of sp³-hybridized carbons (Fsp3) is 0.222. The smallest absolute Gasteiger partial charge is 0.273 e. The number of benzene rings is 1. The molecular weight excluding hydrogens is 170 g/mol. The zero-order chi connectivity index (χ0) is 9.84. The third-order valence-electron chi connectivity index (χ3n) is 1.78. The van der Waals surface area contributed by atoms with Crippen LogP contribution in [0, 0.1) is 10.1 Å². The lowest BCUT2D eigenvalue weighted by molar-refractivity contribution is -0.385. The van der Waals surface area contributed by atoms with Gasteiger partial charge in [0.2, 0.25) is 6.29 Å². The molecule has 0 aliphatic heterocycles. The minimum Gasteiger partial charge on any atom is -0.290 e. The first-order chi connectivity index (χ1) is 6.16. The average molecular weight is 178 g/mol. The highest BCUT2D eigenvalue weighted by atomic mass is 16.6. The summed E-state index contributed by atoms with van der Waals surface area (Å²) in [7, 11) is 0. The van der Waals surface area contributed by atoms with Crippen LogP contribution in [0.2, 0.25) is 0 Å². The molecule has 1 aromatic carbocycles. The van der Waals surface area contributed by atoms with Crippen LogP contribution in [0.4, 0.5) is 5.69 Å². The highest BCUT2D eigenvalue weighted by molar-refractivity contribution is 5.65. The number of rotatable bonds is 3. The fourth-order valence-corrected chi connectivity index (χ4v) is 1.08. The van der Waals surface area contributed by atoms with E-state index in [1.807, 2.05) is 0 Å². The van der Waals surface area contributed by atoms with Crippen LogP contribution < -0.4 is 0 Å². The van der Waals surface area contributed by atoms with E-state index in [0.29, 0.717) is 5.56 Å². The molecule has 0 saturated heterocycles. The molecule has 0 spiro atoms. The monoisotopic (exact) mass is 178 g/mol. The molecule has 0 aliphatic rings. The molecule has 1 radical (unpaired) electrons. The second-order valence-electron chi connectivity index (χ2n) is 2.66. The van der Waals surface area contributed by atoms with Gasteiger partial charge >= 0.3 is 0 Å². The molecule has 0 amide bonds. The van der Waals surface area contributed by atoms with Crippen molar-refractivity contribution in [1.29, 1.82) is 0 Å². The zero-order valence-electron chi connectivity index (χ0n) is 7.06. The van der Waals surface area contributed by atoms with Crippen LogP contribution in [0.1, 0.15) is 18.4 Å². The van der Waals surface area contributed by atoms with Gasteiger partial charge in [0.1, 0.15) is 0 Å². The Bertz CT molecular complexity index is 335. The van der Waals surface area contributed by atoms with Crippen LogP contribution in [0.5, 0.6) is 0 Å². The molecule has 0 aromatic heterocycles. The van der Waals surface area contributed by atoms with Crippen molar-refractivity contribution in [3.05, 3.63) is 39.9 Å². The Balaban J connectivity index is 3.19. The van der Waals surface area contributed by atoms with Gasteiger partial charge in [-0.05, 0) is 0 Å². The van der Waals surface area contributed by atoms with Crippen molar-refractivity contribution >= 4 is 12.0 Å². The Morgan fingerprint density at radius 3 is 2.62 bits per heavy atom. The van der Waals surface area contributed by atoms with E-state index in [1.54, 1.807) is 31.4 Å². The quantitative estimate of drug-likeness (QED) is 0.523. The molecule has 4 heteroatoms. The van der Waals surface area contributed by atoms with E-state index >= 15 is 0 Å². The van der Waals surface area contributed by atoms with Gasteiger partial charge in [0, 0.05) is 11.6 Å². The molecular formula is C9H8NO3. The molecule has 0 N–H and O–H groups in total. The summed E-state index contributed by atoms with van der Waals surface area (Å²) in [5.74, 6) is -0.554. The summed E-state index contributed by atoms with van der Waals surface area (Å²) in [6.45, 7) is 1.58. The summed E-state index contributed by atoms with van der Waals surface area (Å²) >= 11 is 0. The van der Waals surface area contributed by atoms with Gasteiger partial charge in [-0.15, -0.1) is 0 Å². The Kier molecular flexibility index (Phi) is 2.74. The first kappa shape index (κ1) is 9.38. The van der Waals surface area contributed by atoms with Gasteiger partial charge in [0.25, 0.3) is 5.69 Å². The highest BCUT2D eigenvalue weighted by Crippen LogP contribution is 2.24. The largest absolute Gasteiger partial charge is 0.290 e. The molecule has 0 bridgehead atoms. The van der Waals surface area contributed by atoms with E-state index in [1.165, 1.54) is 6.07 Å². The molecule has 67 valence electrons. The minimum atomic E-state index is -0.554. The Labute approximate surface area is 75.3 Å². The molecule has 1 aromatic rings. The molecule has 1 rings (SSSR count). The number of carbonyl (C=O) groups excluding carboxylic acids is 1. The standard InChI is InChI=1S/C9H8NO3/c1-7(6-11)8-4-2-3-5-9(8)10(12)13/h2-5,7H,1H3. The zero-order valence-corrected chi connectivity index (χ0v) is 7.06. The maximum atomic E-state index is 10.5. The number of nitrogens with zero attached hydrogens (tertiary/aromatic N) is 1. The third kappa shape index (κ3) is 1.90. The van der Waals surface area contributed by atoms with Crippen LogP contribution in [0.3, 0.4) is 0 Å². The molecule has 0 saturated carbocycles. The Hall–Kier alpha value is -1.71. The fourth-order valence-electron chi connectivity index (χ4n) is 1.08. The number of nitro groups is 1. The van der Waals surface area contributed by atoms with Gasteiger partial charge < -0.3 is 0 Å². The summed E-state index contributed by atoms with van der Waals surface area (Å²) < 4.78 is 0. The van der Waals surface area contributed by atoms with E-state index in [-0.39, 0.29) is 5.69 Å². The maximum Gasteiger partial charge on any atom is 0.273 e. The van der Waals surface area contributed by atoms with Crippen molar-refractivity contribution in [2.45, 2.75) is 12.8 Å². The molecule has 1 unspecified atom stereocenters. The summed E-state index contributed by atoms with van der Waals surface area (Å²) in [4.78, 5) is 20.4. The van der Waals surface area contributed by atoms with E-state index in [0.717, 1.165) is 0 Å². The van der Waals surface area contributed by atoms with Crippen molar-refractivity contribution in [3.63, 3.8) is 0 Å².